The van der Waals surface area contributed by atoms with Crippen LogP contribution in [0.3, 0.4) is 0 Å². The van der Waals surface area contributed by atoms with Gasteiger partial charge in [0, 0.05) is 10.6 Å². The largest absolute Gasteiger partial charge is 0.465 e. The second-order valence-corrected chi connectivity index (χ2v) is 6.01. The van der Waals surface area contributed by atoms with E-state index < -0.39 is 12.1 Å². The van der Waals surface area contributed by atoms with Crippen LogP contribution in [0.1, 0.15) is 0 Å². The van der Waals surface area contributed by atoms with E-state index in [1.807, 2.05) is 0 Å². The summed E-state index contributed by atoms with van der Waals surface area (Å²) in [4.78, 5) is 11.9. The molecule has 0 radical (unpaired) electrons. The molecule has 1 heterocycles. The van der Waals surface area contributed by atoms with Crippen LogP contribution in [0.2, 0.25) is 5.02 Å². The maximum Gasteiger partial charge on any atom is 0.405 e. The molecule has 27 heavy (non-hydrogen) atoms. The van der Waals surface area contributed by atoms with E-state index in [9.17, 15) is 9.90 Å². The zero-order valence-electron chi connectivity index (χ0n) is 14.0. The van der Waals surface area contributed by atoms with E-state index in [1.54, 1.807) is 48.5 Å². The predicted octanol–water partition coefficient (Wildman–Crippen LogP) is 2.41. The number of aliphatic hydroxyl groups excluding tert-OH is 1. The van der Waals surface area contributed by atoms with Gasteiger partial charge in [-0.1, -0.05) is 11.6 Å². The van der Waals surface area contributed by atoms with Crippen LogP contribution >= 0.6 is 11.6 Å². The Bertz CT molecular complexity index is 898. The fourth-order valence-corrected chi connectivity index (χ4v) is 2.39. The van der Waals surface area contributed by atoms with E-state index in [2.05, 4.69) is 20.7 Å². The van der Waals surface area contributed by atoms with Gasteiger partial charge in [0.25, 0.3) is 0 Å². The lowest BCUT2D eigenvalue weighted by Crippen LogP contribution is -2.40. The van der Waals surface area contributed by atoms with Gasteiger partial charge in [-0.2, -0.15) is 4.80 Å². The van der Waals surface area contributed by atoms with Crippen molar-refractivity contribution in [3.63, 3.8) is 0 Å². The Kier molecular flexibility index (Phi) is 5.84. The second-order valence-electron chi connectivity index (χ2n) is 5.58. The first-order valence-electron chi connectivity index (χ1n) is 7.95. The fraction of sp³-hybridized carbons (Fsp3) is 0.176. The minimum Gasteiger partial charge on any atom is -0.465 e. The smallest absolute Gasteiger partial charge is 0.405 e. The lowest BCUT2D eigenvalue weighted by Gasteiger charge is -2.12. The number of hydrogen-bond donors (Lipinski definition) is 3. The van der Waals surface area contributed by atoms with E-state index in [0.29, 0.717) is 22.3 Å². The van der Waals surface area contributed by atoms with Crippen molar-refractivity contribution in [3.8, 4) is 22.9 Å². The van der Waals surface area contributed by atoms with Gasteiger partial charge in [-0.15, -0.1) is 10.2 Å². The molecule has 10 heteroatoms. The molecule has 3 rings (SSSR count). The maximum atomic E-state index is 10.7. The fourth-order valence-electron chi connectivity index (χ4n) is 2.27. The third-order valence-electron chi connectivity index (χ3n) is 3.55. The molecule has 9 nitrogen and oxygen atoms in total. The molecular formula is C17H16ClN5O4. The van der Waals surface area contributed by atoms with Gasteiger partial charge in [-0.05, 0) is 53.7 Å². The summed E-state index contributed by atoms with van der Waals surface area (Å²) in [6, 6.07) is 13.4. The molecule has 0 fully saturated rings. The Balaban J connectivity index is 1.66. The number of tetrazole rings is 1. The Morgan fingerprint density at radius 2 is 1.78 bits per heavy atom. The first-order valence-corrected chi connectivity index (χ1v) is 8.33. The van der Waals surface area contributed by atoms with Gasteiger partial charge in [0.1, 0.15) is 11.5 Å². The van der Waals surface area contributed by atoms with Gasteiger partial charge < -0.3 is 20.3 Å². The summed E-state index contributed by atoms with van der Waals surface area (Å²) in [5.41, 5.74) is 0.719. The van der Waals surface area contributed by atoms with Crippen LogP contribution in [0, 0.1) is 0 Å². The lowest BCUT2D eigenvalue weighted by atomic mass is 10.2. The Morgan fingerprint density at radius 3 is 2.37 bits per heavy atom. The van der Waals surface area contributed by atoms with E-state index >= 15 is 0 Å². The van der Waals surface area contributed by atoms with Gasteiger partial charge in [-0.3, -0.25) is 0 Å². The molecule has 0 spiro atoms. The number of aliphatic hydroxyl groups is 1. The van der Waals surface area contributed by atoms with Crippen molar-refractivity contribution in [2.24, 2.45) is 0 Å². The average molecular weight is 390 g/mol. The molecule has 1 aromatic heterocycles. The first kappa shape index (κ1) is 18.6. The predicted molar refractivity (Wildman–Crippen MR) is 96.8 cm³/mol. The summed E-state index contributed by atoms with van der Waals surface area (Å²) >= 11 is 5.85. The molecule has 0 saturated heterocycles. The number of nitrogens with zero attached hydrogens (tertiary/aromatic N) is 4. The number of benzene rings is 2. The van der Waals surface area contributed by atoms with E-state index in [-0.39, 0.29) is 13.2 Å². The normalized spacial score (nSPS) is 11.8. The van der Waals surface area contributed by atoms with Crippen molar-refractivity contribution in [1.82, 2.24) is 25.5 Å². The number of rotatable bonds is 7. The summed E-state index contributed by atoms with van der Waals surface area (Å²) in [7, 11) is 0. The molecule has 0 saturated carbocycles. The lowest BCUT2D eigenvalue weighted by molar-refractivity contribution is 0.170. The highest BCUT2D eigenvalue weighted by atomic mass is 35.5. The van der Waals surface area contributed by atoms with Crippen LogP contribution in [0.4, 0.5) is 4.79 Å². The van der Waals surface area contributed by atoms with Crippen molar-refractivity contribution in [3.05, 3.63) is 53.6 Å². The van der Waals surface area contributed by atoms with Crippen molar-refractivity contribution < 1.29 is 19.7 Å². The number of carboxylic acid groups (broad SMARTS) is 1. The summed E-state index contributed by atoms with van der Waals surface area (Å²) in [5, 5.41) is 32.7. The number of aromatic nitrogens is 4. The van der Waals surface area contributed by atoms with Crippen molar-refractivity contribution >= 4 is 17.7 Å². The maximum absolute atomic E-state index is 10.7. The third-order valence-corrected chi connectivity index (χ3v) is 3.80. The third kappa shape index (κ3) is 5.16. The van der Waals surface area contributed by atoms with Crippen LogP contribution in [-0.4, -0.2) is 49.2 Å². The van der Waals surface area contributed by atoms with Gasteiger partial charge in [0.2, 0.25) is 5.82 Å². The molecule has 3 aromatic rings. The Labute approximate surface area is 159 Å². The highest BCUT2D eigenvalue weighted by molar-refractivity contribution is 6.30. The van der Waals surface area contributed by atoms with Crippen LogP contribution in [0.15, 0.2) is 48.5 Å². The number of hydrogen-bond acceptors (Lipinski definition) is 6. The molecule has 1 atom stereocenters. The topological polar surface area (TPSA) is 122 Å². The number of amides is 1. The molecule has 1 amide bonds. The zero-order valence-corrected chi connectivity index (χ0v) is 14.7. The number of carbonyl (C=O) groups is 1. The Morgan fingerprint density at radius 1 is 1.15 bits per heavy atom. The average Bonchev–Trinajstić information content (AvgIpc) is 3.12. The minimum absolute atomic E-state index is 0.0631. The minimum atomic E-state index is -1.23. The molecule has 1 unspecified atom stereocenters. The number of nitrogens with one attached hydrogen (secondary N) is 1. The van der Waals surface area contributed by atoms with Crippen molar-refractivity contribution in [2.45, 2.75) is 12.6 Å². The van der Waals surface area contributed by atoms with Gasteiger partial charge in [0.05, 0.1) is 19.2 Å². The number of halogens is 1. The van der Waals surface area contributed by atoms with Gasteiger partial charge in [0.15, 0.2) is 0 Å². The van der Waals surface area contributed by atoms with Crippen LogP contribution in [0.25, 0.3) is 11.4 Å². The molecule has 0 bridgehead atoms. The summed E-state index contributed by atoms with van der Waals surface area (Å²) < 4.78 is 5.72. The van der Waals surface area contributed by atoms with E-state index in [1.165, 1.54) is 4.80 Å². The highest BCUT2D eigenvalue weighted by Crippen LogP contribution is 2.25. The summed E-state index contributed by atoms with van der Waals surface area (Å²) in [6.07, 6.45) is -1.23. The molecular weight excluding hydrogens is 374 g/mol. The molecule has 140 valence electrons. The van der Waals surface area contributed by atoms with Crippen molar-refractivity contribution in [2.75, 3.05) is 6.61 Å². The standard InChI is InChI=1S/C17H16ClN5O4/c18-12-3-7-15(8-4-12)27-14-5-1-11(2-6-14)16-20-22-23(21-16)9-13(10-24)19-17(25)26/h1-8,13,19,24H,9-10H2,(H,25,26). The van der Waals surface area contributed by atoms with Gasteiger partial charge in [-0.25, -0.2) is 4.79 Å². The van der Waals surface area contributed by atoms with Crippen LogP contribution < -0.4 is 10.1 Å². The van der Waals surface area contributed by atoms with Crippen molar-refractivity contribution in [1.29, 1.82) is 0 Å². The van der Waals surface area contributed by atoms with Gasteiger partial charge >= 0.3 is 6.09 Å². The molecule has 2 aromatic carbocycles. The highest BCUT2D eigenvalue weighted by Gasteiger charge is 2.14. The van der Waals surface area contributed by atoms with E-state index in [4.69, 9.17) is 21.4 Å². The molecule has 0 aliphatic rings. The second kappa shape index (κ2) is 8.47. The zero-order chi connectivity index (χ0) is 19.2. The summed E-state index contributed by atoms with van der Waals surface area (Å²) in [6.45, 7) is -0.312. The first-order chi connectivity index (χ1) is 13.0. The van der Waals surface area contributed by atoms with Crippen LogP contribution in [0.5, 0.6) is 11.5 Å². The molecule has 3 N–H and O–H groups in total. The molecule has 0 aliphatic carbocycles. The SMILES string of the molecule is O=C(O)NC(CO)Cn1nnc(-c2ccc(Oc3ccc(Cl)cc3)cc2)n1. The van der Waals surface area contributed by atoms with Crippen LogP contribution in [-0.2, 0) is 6.54 Å². The monoisotopic (exact) mass is 389 g/mol. The quantitative estimate of drug-likeness (QED) is 0.567. The Hall–Kier alpha value is -3.17. The molecule has 0 aliphatic heterocycles. The van der Waals surface area contributed by atoms with E-state index in [0.717, 1.165) is 5.56 Å². The summed E-state index contributed by atoms with van der Waals surface area (Å²) in [5.74, 6) is 1.68. The number of ether oxygens (including phenoxy) is 1.